The summed E-state index contributed by atoms with van der Waals surface area (Å²) in [5, 5.41) is -3.11. The molecule has 0 radical (unpaired) electrons. The molecule has 6 nitrogen and oxygen atoms in total. The summed E-state index contributed by atoms with van der Waals surface area (Å²) in [7, 11) is 0. The van der Waals surface area contributed by atoms with Gasteiger partial charge in [-0.05, 0) is 54.4 Å². The summed E-state index contributed by atoms with van der Waals surface area (Å²) < 4.78 is 281. The molecule has 57 heavy (non-hydrogen) atoms. The molecule has 0 atom stereocenters. The van der Waals surface area contributed by atoms with E-state index in [-0.39, 0.29) is 0 Å². The Balaban J connectivity index is 1.35. The van der Waals surface area contributed by atoms with Gasteiger partial charge in [-0.2, -0.15) is 9.97 Å². The molecule has 0 saturated carbocycles. The first-order valence-electron chi connectivity index (χ1n) is 32.2. The summed E-state index contributed by atoms with van der Waals surface area (Å²) in [6.07, 6.45) is 0. The topological polar surface area (TPSA) is 53.5 Å². The second kappa shape index (κ2) is 12.3. The molecular weight excluding hydrogens is 697 g/mol. The number of fused-ring (bicyclic) bond motifs is 10. The number of benzene rings is 8. The molecule has 4 aromatic heterocycles. The van der Waals surface area contributed by atoms with Gasteiger partial charge in [0, 0.05) is 54.8 Å². The number of aromatic nitrogens is 6. The van der Waals surface area contributed by atoms with Crippen LogP contribution in [-0.4, -0.2) is 28.7 Å². The normalized spacial score (nSPS) is 19.5. The van der Waals surface area contributed by atoms with Gasteiger partial charge in [-0.15, -0.1) is 0 Å². The standard InChI is InChI=1S/C51H32N6/c1-4-16-33(17-5-1)49-52-50(34-18-6-2-7-19-34)54-51(53-49)57-43-27-15-12-24-40(43)48-45(57)31-30-44-47(48)39-23-11-14-26-42(39)56(44)36-28-29-38-37-22-10-13-25-41(37)55(46(38)32-36)35-20-8-3-9-21-35/h1-32H/i1D,2D,3D,4D,5D,6D,7D,8D,9D,10D,11D,12D,13D,14D,15D,16D,17D,18D,19D,20D,21D,22D,23D,24D,25D,26D,27D,28D,29D,30D,31D. The third-order valence-corrected chi connectivity index (χ3v) is 9.20. The van der Waals surface area contributed by atoms with Gasteiger partial charge in [0.2, 0.25) is 5.95 Å². The zero-order valence-electron chi connectivity index (χ0n) is 59.3. The van der Waals surface area contributed by atoms with Crippen molar-refractivity contribution >= 4 is 65.4 Å². The van der Waals surface area contributed by atoms with Crippen molar-refractivity contribution in [1.29, 1.82) is 0 Å². The predicted molar refractivity (Wildman–Crippen MR) is 234 cm³/mol. The molecule has 0 N–H and O–H groups in total. The van der Waals surface area contributed by atoms with Crippen molar-refractivity contribution in [2.75, 3.05) is 0 Å². The van der Waals surface area contributed by atoms with Crippen LogP contribution in [0.25, 0.3) is 106 Å². The molecule has 6 heteroatoms. The van der Waals surface area contributed by atoms with Crippen molar-refractivity contribution < 1.29 is 42.5 Å². The average molecular weight is 760 g/mol. The van der Waals surface area contributed by atoms with Gasteiger partial charge in [-0.3, -0.25) is 4.57 Å². The fourth-order valence-corrected chi connectivity index (χ4v) is 6.97. The smallest absolute Gasteiger partial charge is 0.238 e. The molecule has 0 amide bonds. The molecule has 0 saturated heterocycles. The molecule has 0 aliphatic rings. The first-order chi connectivity index (χ1) is 41.2. The van der Waals surface area contributed by atoms with E-state index < -0.39 is 293 Å². The number of para-hydroxylation sites is 4. The zero-order valence-corrected chi connectivity index (χ0v) is 28.3. The lowest BCUT2D eigenvalue weighted by atomic mass is 10.1. The minimum atomic E-state index is -1.00. The molecule has 0 spiro atoms. The van der Waals surface area contributed by atoms with Crippen LogP contribution in [0.1, 0.15) is 42.5 Å². The van der Waals surface area contributed by atoms with Crippen LogP contribution in [0.2, 0.25) is 0 Å². The quantitative estimate of drug-likeness (QED) is 0.176. The number of hydrogen-bond donors (Lipinski definition) is 0. The lowest BCUT2D eigenvalue weighted by molar-refractivity contribution is 0.953. The van der Waals surface area contributed by atoms with E-state index in [1.807, 2.05) is 0 Å². The summed E-state index contributed by atoms with van der Waals surface area (Å²) in [5.74, 6) is -2.63. The van der Waals surface area contributed by atoms with Crippen molar-refractivity contribution in [3.8, 4) is 40.1 Å². The van der Waals surface area contributed by atoms with Crippen LogP contribution in [0.5, 0.6) is 0 Å². The summed E-state index contributed by atoms with van der Waals surface area (Å²) >= 11 is 0. The Hall–Kier alpha value is -7.83. The molecule has 0 bridgehead atoms. The van der Waals surface area contributed by atoms with Gasteiger partial charge < -0.3 is 9.13 Å². The van der Waals surface area contributed by atoms with Gasteiger partial charge in [-0.25, -0.2) is 4.98 Å². The fraction of sp³-hybridized carbons (Fsp3) is 0. The van der Waals surface area contributed by atoms with Crippen molar-refractivity contribution in [2.24, 2.45) is 0 Å². The van der Waals surface area contributed by atoms with E-state index in [2.05, 4.69) is 15.0 Å². The highest BCUT2D eigenvalue weighted by molar-refractivity contribution is 6.29. The van der Waals surface area contributed by atoms with E-state index in [0.29, 0.717) is 0 Å². The van der Waals surface area contributed by atoms with Crippen molar-refractivity contribution in [1.82, 2.24) is 28.7 Å². The van der Waals surface area contributed by atoms with Crippen molar-refractivity contribution in [3.63, 3.8) is 0 Å². The van der Waals surface area contributed by atoms with E-state index in [0.717, 1.165) is 19.8 Å². The van der Waals surface area contributed by atoms with Crippen LogP contribution < -0.4 is 0 Å². The molecule has 4 heterocycles. The molecule has 12 rings (SSSR count). The third-order valence-electron chi connectivity index (χ3n) is 9.20. The maximum absolute atomic E-state index is 10.1. The Bertz CT molecular complexity index is 5180. The Kier molecular flexibility index (Phi) is 2.97. The minimum Gasteiger partial charge on any atom is -0.309 e. The number of hydrogen-bond acceptors (Lipinski definition) is 3. The van der Waals surface area contributed by atoms with E-state index in [1.165, 1.54) is 0 Å². The van der Waals surface area contributed by atoms with Gasteiger partial charge in [-0.1, -0.05) is 139 Å². The fourth-order valence-electron chi connectivity index (χ4n) is 6.97. The van der Waals surface area contributed by atoms with Gasteiger partial charge in [0.25, 0.3) is 0 Å². The van der Waals surface area contributed by atoms with E-state index in [1.54, 1.807) is 0 Å². The van der Waals surface area contributed by atoms with Crippen LogP contribution >= 0.6 is 0 Å². The molecule has 8 aromatic carbocycles. The molecule has 0 unspecified atom stereocenters. The molecule has 266 valence electrons. The molecule has 12 aromatic rings. The zero-order chi connectivity index (χ0) is 64.4. The van der Waals surface area contributed by atoms with Crippen molar-refractivity contribution in [3.05, 3.63) is 193 Å². The summed E-state index contributed by atoms with van der Waals surface area (Å²) in [6.45, 7) is 0. The highest BCUT2D eigenvalue weighted by atomic mass is 15.2. The highest BCUT2D eigenvalue weighted by Crippen LogP contribution is 2.43. The van der Waals surface area contributed by atoms with Gasteiger partial charge in [0.05, 0.1) is 75.6 Å². The molecule has 0 aliphatic heterocycles. The molecular formula is C51H32N6. The Labute approximate surface area is 370 Å². The van der Waals surface area contributed by atoms with Gasteiger partial charge in [0.1, 0.15) is 0 Å². The molecule has 0 fully saturated rings. The summed E-state index contributed by atoms with van der Waals surface area (Å²) in [5.41, 5.74) is -6.45. The first kappa shape index (κ1) is 13.7. The maximum atomic E-state index is 10.1. The van der Waals surface area contributed by atoms with Gasteiger partial charge in [0.15, 0.2) is 11.6 Å². The van der Waals surface area contributed by atoms with E-state index in [9.17, 15) is 11.0 Å². The van der Waals surface area contributed by atoms with Crippen LogP contribution in [0.4, 0.5) is 0 Å². The minimum absolute atomic E-state index is 0.442. The largest absolute Gasteiger partial charge is 0.309 e. The Morgan fingerprint density at radius 2 is 0.754 bits per heavy atom. The lowest BCUT2D eigenvalue weighted by Gasteiger charge is -2.12. The average Bonchev–Trinajstić information content (AvgIpc) is 1.52. The monoisotopic (exact) mass is 759 g/mol. The van der Waals surface area contributed by atoms with Crippen LogP contribution in [0.15, 0.2) is 193 Å². The summed E-state index contributed by atoms with van der Waals surface area (Å²) in [6, 6.07) is -27.1. The summed E-state index contributed by atoms with van der Waals surface area (Å²) in [4.78, 5) is 13.2. The van der Waals surface area contributed by atoms with Gasteiger partial charge >= 0.3 is 0 Å². The highest BCUT2D eigenvalue weighted by Gasteiger charge is 2.23. The second-order valence-electron chi connectivity index (χ2n) is 12.2. The first-order valence-corrected chi connectivity index (χ1v) is 16.7. The van der Waals surface area contributed by atoms with Crippen LogP contribution in [-0.2, 0) is 0 Å². The lowest BCUT2D eigenvalue weighted by Crippen LogP contribution is -2.06. The third kappa shape index (κ3) is 4.74. The van der Waals surface area contributed by atoms with E-state index in [4.69, 9.17) is 31.5 Å². The Morgan fingerprint density at radius 3 is 1.35 bits per heavy atom. The second-order valence-corrected chi connectivity index (χ2v) is 12.2. The van der Waals surface area contributed by atoms with Crippen LogP contribution in [0.3, 0.4) is 0 Å². The van der Waals surface area contributed by atoms with Crippen LogP contribution in [0, 0.1) is 0 Å². The maximum Gasteiger partial charge on any atom is 0.238 e. The predicted octanol–water partition coefficient (Wildman–Crippen LogP) is 12.5. The van der Waals surface area contributed by atoms with E-state index >= 15 is 0 Å². The number of rotatable bonds is 5. The number of nitrogens with zero attached hydrogens (tertiary/aromatic N) is 6. The Morgan fingerprint density at radius 1 is 0.316 bits per heavy atom. The molecule has 0 aliphatic carbocycles. The van der Waals surface area contributed by atoms with Crippen molar-refractivity contribution in [2.45, 2.75) is 0 Å². The SMILES string of the molecule is [2H]c1c([2H])c([2H])c(-c2nc(-c3c([2H])c([2H])c([2H])c([2H])c3[2H])nc(-n3c4c([2H])c([2H])c([2H])c([2H])c4c4c5c6c([2H])c([2H])c([2H])c([2H])c6n(-c6cc7c(c([2H])c6[2H])c6c([2H])c([2H])c([2H])c([2H])c6n7-c6c([2H])c([2H])c([2H])c([2H])c6[2H])c5c([2H])c([2H])c43)n2)c([2H])c1[2H].